The van der Waals surface area contributed by atoms with E-state index >= 15 is 0 Å². The number of nitrogens with two attached hydrogens (primary N) is 1. The van der Waals surface area contributed by atoms with Crippen LogP contribution in [0.15, 0.2) is 30.6 Å². The van der Waals surface area contributed by atoms with Gasteiger partial charge in [0.05, 0.1) is 37.9 Å². The minimum Gasteiger partial charge on any atom is -0.493 e. The first kappa shape index (κ1) is 15.2. The quantitative estimate of drug-likeness (QED) is 0.734. The molecule has 1 aliphatic rings. The fraction of sp³-hybridized carbons (Fsp3) is 0.167. The number of aromatic nitrogens is 2. The normalized spacial score (nSPS) is 12.8. The van der Waals surface area contributed by atoms with E-state index in [1.807, 2.05) is 18.2 Å². The summed E-state index contributed by atoms with van der Waals surface area (Å²) in [6.07, 6.45) is 3.01. The van der Waals surface area contributed by atoms with Crippen LogP contribution in [0.4, 0.5) is 5.82 Å². The zero-order valence-corrected chi connectivity index (χ0v) is 13.7. The second-order valence-corrected chi connectivity index (χ2v) is 5.62. The number of anilines is 1. The van der Waals surface area contributed by atoms with E-state index in [0.717, 1.165) is 16.3 Å². The first-order chi connectivity index (χ1) is 12.1. The molecule has 3 aromatic rings. The number of hydrogen-bond donors (Lipinski definition) is 1. The largest absolute Gasteiger partial charge is 0.493 e. The van der Waals surface area contributed by atoms with Gasteiger partial charge in [-0.2, -0.15) is 0 Å². The van der Waals surface area contributed by atoms with Crippen LogP contribution < -0.4 is 15.2 Å². The molecule has 0 amide bonds. The standard InChI is InChI=1S/C18H15N3O4/c1-23-13-4-9-3-10-8-25-18(22)16(10)17(11(9)5-14(13)24-2)12-6-21-15(19)7-20-12/h3-7H,8H2,1-2H3,(H2,19,21). The highest BCUT2D eigenvalue weighted by Gasteiger charge is 2.29. The minimum atomic E-state index is -0.375. The Kier molecular flexibility index (Phi) is 3.42. The number of hydrogen-bond acceptors (Lipinski definition) is 7. The van der Waals surface area contributed by atoms with Gasteiger partial charge >= 0.3 is 5.97 Å². The number of ether oxygens (including phenoxy) is 3. The molecule has 25 heavy (non-hydrogen) atoms. The van der Waals surface area contributed by atoms with Gasteiger partial charge in [-0.15, -0.1) is 0 Å². The Morgan fingerprint density at radius 1 is 1.04 bits per heavy atom. The third kappa shape index (κ3) is 2.32. The maximum atomic E-state index is 12.3. The Labute approximate surface area is 143 Å². The molecule has 2 aromatic carbocycles. The van der Waals surface area contributed by atoms with Gasteiger partial charge in [-0.25, -0.2) is 9.78 Å². The van der Waals surface area contributed by atoms with Crippen LogP contribution in [0.2, 0.25) is 0 Å². The zero-order chi connectivity index (χ0) is 17.6. The third-order valence-corrected chi connectivity index (χ3v) is 4.22. The minimum absolute atomic E-state index is 0.230. The van der Waals surface area contributed by atoms with Crippen molar-refractivity contribution in [3.05, 3.63) is 41.7 Å². The summed E-state index contributed by atoms with van der Waals surface area (Å²) in [6.45, 7) is 0.230. The number of fused-ring (bicyclic) bond motifs is 2. The molecule has 1 aromatic heterocycles. The summed E-state index contributed by atoms with van der Waals surface area (Å²) < 4.78 is 16.0. The lowest BCUT2D eigenvalue weighted by Crippen LogP contribution is -2.01. The van der Waals surface area contributed by atoms with E-state index in [2.05, 4.69) is 9.97 Å². The van der Waals surface area contributed by atoms with Crippen molar-refractivity contribution in [2.24, 2.45) is 0 Å². The van der Waals surface area contributed by atoms with Gasteiger partial charge in [0.15, 0.2) is 11.5 Å². The summed E-state index contributed by atoms with van der Waals surface area (Å²) in [6, 6.07) is 5.62. The molecule has 7 heteroatoms. The highest BCUT2D eigenvalue weighted by molar-refractivity contribution is 6.10. The van der Waals surface area contributed by atoms with E-state index in [-0.39, 0.29) is 12.6 Å². The van der Waals surface area contributed by atoms with Crippen LogP contribution >= 0.6 is 0 Å². The number of methoxy groups -OCH3 is 2. The first-order valence-electron chi connectivity index (χ1n) is 7.59. The molecule has 126 valence electrons. The third-order valence-electron chi connectivity index (χ3n) is 4.22. The van der Waals surface area contributed by atoms with Crippen LogP contribution in [0.5, 0.6) is 11.5 Å². The molecule has 0 aliphatic carbocycles. The van der Waals surface area contributed by atoms with Gasteiger partial charge in [-0.05, 0) is 29.0 Å². The van der Waals surface area contributed by atoms with Crippen molar-refractivity contribution in [3.63, 3.8) is 0 Å². The molecule has 7 nitrogen and oxygen atoms in total. The van der Waals surface area contributed by atoms with Gasteiger partial charge < -0.3 is 19.9 Å². The number of nitrogen functional groups attached to an aromatic ring is 1. The Morgan fingerprint density at radius 2 is 1.80 bits per heavy atom. The number of benzene rings is 2. The molecule has 0 atom stereocenters. The van der Waals surface area contributed by atoms with Crippen molar-refractivity contribution in [1.82, 2.24) is 9.97 Å². The molecule has 4 rings (SSSR count). The van der Waals surface area contributed by atoms with Gasteiger partial charge in [0.25, 0.3) is 0 Å². The van der Waals surface area contributed by atoms with E-state index in [1.54, 1.807) is 20.4 Å². The molecule has 0 spiro atoms. The molecule has 0 saturated carbocycles. The Morgan fingerprint density at radius 3 is 2.48 bits per heavy atom. The van der Waals surface area contributed by atoms with Crippen molar-refractivity contribution < 1.29 is 19.0 Å². The van der Waals surface area contributed by atoms with Crippen molar-refractivity contribution >= 4 is 22.6 Å². The lowest BCUT2D eigenvalue weighted by atomic mass is 9.93. The Bertz CT molecular complexity index is 1000. The molecule has 0 fully saturated rings. The summed E-state index contributed by atoms with van der Waals surface area (Å²) in [5.74, 6) is 1.10. The SMILES string of the molecule is COc1cc2cc3c(c(-c4cnc(N)cn4)c2cc1OC)C(=O)OC3. The molecular formula is C18H15N3O4. The summed E-state index contributed by atoms with van der Waals surface area (Å²) in [7, 11) is 3.14. The Balaban J connectivity index is 2.11. The lowest BCUT2D eigenvalue weighted by molar-refractivity contribution is 0.0535. The van der Waals surface area contributed by atoms with Gasteiger partial charge in [0.1, 0.15) is 12.4 Å². The first-order valence-corrected chi connectivity index (χ1v) is 7.59. The summed E-state index contributed by atoms with van der Waals surface area (Å²) >= 11 is 0. The van der Waals surface area contributed by atoms with E-state index in [4.69, 9.17) is 19.9 Å². The highest BCUT2D eigenvalue weighted by Crippen LogP contribution is 2.41. The lowest BCUT2D eigenvalue weighted by Gasteiger charge is -2.14. The van der Waals surface area contributed by atoms with E-state index in [1.165, 1.54) is 6.20 Å². The number of cyclic esters (lactones) is 1. The van der Waals surface area contributed by atoms with Gasteiger partial charge in [-0.1, -0.05) is 0 Å². The fourth-order valence-corrected chi connectivity index (χ4v) is 3.08. The van der Waals surface area contributed by atoms with Crippen LogP contribution in [0.1, 0.15) is 15.9 Å². The number of carbonyl (C=O) groups is 1. The van der Waals surface area contributed by atoms with Crippen molar-refractivity contribution in [3.8, 4) is 22.8 Å². The number of rotatable bonds is 3. The molecule has 0 saturated heterocycles. The van der Waals surface area contributed by atoms with Gasteiger partial charge in [0.2, 0.25) is 0 Å². The topological polar surface area (TPSA) is 96.6 Å². The average Bonchev–Trinajstić information content (AvgIpc) is 3.00. The van der Waals surface area contributed by atoms with E-state index < -0.39 is 0 Å². The second-order valence-electron chi connectivity index (χ2n) is 5.62. The number of nitrogens with zero attached hydrogens (tertiary/aromatic N) is 2. The average molecular weight is 337 g/mol. The van der Waals surface area contributed by atoms with Crippen LogP contribution in [0.25, 0.3) is 22.0 Å². The molecule has 0 bridgehead atoms. The van der Waals surface area contributed by atoms with Gasteiger partial charge in [-0.3, -0.25) is 4.98 Å². The maximum Gasteiger partial charge on any atom is 0.339 e. The van der Waals surface area contributed by atoms with Gasteiger partial charge in [0, 0.05) is 11.1 Å². The predicted molar refractivity (Wildman–Crippen MR) is 91.6 cm³/mol. The summed E-state index contributed by atoms with van der Waals surface area (Å²) in [5.41, 5.74) is 8.14. The zero-order valence-electron chi connectivity index (χ0n) is 13.7. The van der Waals surface area contributed by atoms with Crippen molar-refractivity contribution in [1.29, 1.82) is 0 Å². The molecule has 1 aliphatic heterocycles. The number of esters is 1. The van der Waals surface area contributed by atoms with Crippen LogP contribution in [0, 0.1) is 0 Å². The monoisotopic (exact) mass is 337 g/mol. The maximum absolute atomic E-state index is 12.3. The highest BCUT2D eigenvalue weighted by atomic mass is 16.5. The Hall–Kier alpha value is -3.35. The predicted octanol–water partition coefficient (Wildman–Crippen LogP) is 2.57. The van der Waals surface area contributed by atoms with Crippen LogP contribution in [-0.2, 0) is 11.3 Å². The van der Waals surface area contributed by atoms with Crippen LogP contribution in [0.3, 0.4) is 0 Å². The van der Waals surface area contributed by atoms with E-state index in [0.29, 0.717) is 34.1 Å². The molecule has 0 unspecified atom stereocenters. The molecule has 2 N–H and O–H groups in total. The molecule has 0 radical (unpaired) electrons. The smallest absolute Gasteiger partial charge is 0.339 e. The molecular weight excluding hydrogens is 322 g/mol. The van der Waals surface area contributed by atoms with Crippen LogP contribution in [-0.4, -0.2) is 30.2 Å². The fourth-order valence-electron chi connectivity index (χ4n) is 3.08. The second kappa shape index (κ2) is 5.62. The van der Waals surface area contributed by atoms with Crippen molar-refractivity contribution in [2.45, 2.75) is 6.61 Å². The molecule has 2 heterocycles. The summed E-state index contributed by atoms with van der Waals surface area (Å²) in [4.78, 5) is 20.7. The summed E-state index contributed by atoms with van der Waals surface area (Å²) in [5, 5.41) is 1.69. The number of carbonyl (C=O) groups excluding carboxylic acids is 1. The van der Waals surface area contributed by atoms with Crippen molar-refractivity contribution in [2.75, 3.05) is 20.0 Å². The van der Waals surface area contributed by atoms with E-state index in [9.17, 15) is 4.79 Å².